The first-order chi connectivity index (χ1) is 19.5. The number of allylic oxidation sites excluding steroid dienone is 1. The Morgan fingerprint density at radius 3 is 1.83 bits per heavy atom. The Bertz CT molecular complexity index is 1510. The maximum absolute atomic E-state index is 13.6. The molecule has 4 aromatic rings. The van der Waals surface area contributed by atoms with Gasteiger partial charge in [-0.25, -0.2) is 4.57 Å². The summed E-state index contributed by atoms with van der Waals surface area (Å²) in [6, 6.07) is 32.9. The molecular formula is C36H39O4P. The molecule has 1 aliphatic carbocycles. The van der Waals surface area contributed by atoms with E-state index in [0.29, 0.717) is 11.5 Å². The van der Waals surface area contributed by atoms with Gasteiger partial charge >= 0.3 is 7.82 Å². The van der Waals surface area contributed by atoms with Crippen LogP contribution in [0.1, 0.15) is 75.3 Å². The van der Waals surface area contributed by atoms with E-state index < -0.39 is 7.82 Å². The minimum absolute atomic E-state index is 0.0790. The van der Waals surface area contributed by atoms with Gasteiger partial charge in [-0.3, -0.25) is 4.52 Å². The van der Waals surface area contributed by atoms with Gasteiger partial charge in [-0.15, -0.1) is 0 Å². The van der Waals surface area contributed by atoms with Crippen LogP contribution < -0.4 is 9.05 Å². The molecule has 0 radical (unpaired) electrons. The highest BCUT2D eigenvalue weighted by Gasteiger charge is 2.37. The lowest BCUT2D eigenvalue weighted by Crippen LogP contribution is -2.33. The molecule has 0 fully saturated rings. The fourth-order valence-electron chi connectivity index (χ4n) is 5.32. The van der Waals surface area contributed by atoms with Gasteiger partial charge in [0.1, 0.15) is 11.5 Å². The predicted molar refractivity (Wildman–Crippen MR) is 168 cm³/mol. The van der Waals surface area contributed by atoms with Gasteiger partial charge in [0.25, 0.3) is 0 Å². The van der Waals surface area contributed by atoms with Crippen LogP contribution in [0.2, 0.25) is 0 Å². The van der Waals surface area contributed by atoms with E-state index in [2.05, 4.69) is 71.0 Å². The van der Waals surface area contributed by atoms with E-state index in [1.54, 1.807) is 24.3 Å². The van der Waals surface area contributed by atoms with Crippen molar-refractivity contribution in [3.05, 3.63) is 131 Å². The number of rotatable bonds is 9. The summed E-state index contributed by atoms with van der Waals surface area (Å²) in [6.45, 7) is 11.7. The maximum atomic E-state index is 13.6. The standard InChI is InChI=1S/C36H39O4P/c1-27(30-20-21-33-34(25-30)36(4,5)23-22-35(33,2)3)24-28-16-18-29(19-17-28)26-38-41(37,39-31-12-8-6-9-13-31)40-32-14-10-7-11-15-32/h6-21,24-25H,22-23,26H2,1-5H3. The second-order valence-electron chi connectivity index (χ2n) is 12.1. The van der Waals surface area contributed by atoms with Crippen molar-refractivity contribution in [2.45, 2.75) is 64.9 Å². The molecule has 212 valence electrons. The zero-order valence-electron chi connectivity index (χ0n) is 24.6. The second-order valence-corrected chi connectivity index (χ2v) is 13.6. The summed E-state index contributed by atoms with van der Waals surface area (Å²) in [5, 5.41) is 0. The molecule has 0 spiro atoms. The molecule has 0 saturated heterocycles. The Hall–Kier alpha value is -3.59. The fourth-order valence-corrected chi connectivity index (χ4v) is 6.53. The summed E-state index contributed by atoms with van der Waals surface area (Å²) in [5.41, 5.74) is 7.74. The molecule has 0 amide bonds. The number of hydrogen-bond donors (Lipinski definition) is 0. The number of para-hydroxylation sites is 2. The van der Waals surface area contributed by atoms with E-state index in [-0.39, 0.29) is 17.4 Å². The summed E-state index contributed by atoms with van der Waals surface area (Å²) in [7, 11) is -3.95. The predicted octanol–water partition coefficient (Wildman–Crippen LogP) is 10.4. The van der Waals surface area contributed by atoms with Crippen LogP contribution in [0, 0.1) is 0 Å². The Balaban J connectivity index is 1.30. The zero-order valence-corrected chi connectivity index (χ0v) is 25.5. The second kappa shape index (κ2) is 11.7. The van der Waals surface area contributed by atoms with E-state index in [1.807, 2.05) is 48.5 Å². The SMILES string of the molecule is CC(=Cc1ccc(COP(=O)(Oc2ccccc2)Oc2ccccc2)cc1)c1ccc2c(c1)C(C)(C)CCC2(C)C. The molecule has 0 bridgehead atoms. The largest absolute Gasteiger partial charge is 0.587 e. The molecule has 1 aliphatic rings. The van der Waals surface area contributed by atoms with E-state index in [9.17, 15) is 4.57 Å². The van der Waals surface area contributed by atoms with Crippen LogP contribution in [0.25, 0.3) is 11.6 Å². The molecule has 5 heteroatoms. The average molecular weight is 567 g/mol. The van der Waals surface area contributed by atoms with Gasteiger partial charge in [0.05, 0.1) is 6.61 Å². The number of benzene rings is 4. The minimum atomic E-state index is -3.95. The van der Waals surface area contributed by atoms with Crippen molar-refractivity contribution in [2.24, 2.45) is 0 Å². The summed E-state index contributed by atoms with van der Waals surface area (Å²) in [6.07, 6.45) is 4.61. The Kier molecular flexibility index (Phi) is 8.27. The van der Waals surface area contributed by atoms with Gasteiger partial charge in [0.2, 0.25) is 0 Å². The van der Waals surface area contributed by atoms with E-state index in [4.69, 9.17) is 13.6 Å². The monoisotopic (exact) mass is 566 g/mol. The van der Waals surface area contributed by atoms with Crippen LogP contribution in [-0.4, -0.2) is 0 Å². The first kappa shape index (κ1) is 28.9. The van der Waals surface area contributed by atoms with Crippen LogP contribution in [0.4, 0.5) is 0 Å². The number of phosphoric ester groups is 1. The van der Waals surface area contributed by atoms with Crippen LogP contribution in [0.5, 0.6) is 11.5 Å². The van der Waals surface area contributed by atoms with E-state index in [1.165, 1.54) is 35.1 Å². The zero-order chi connectivity index (χ0) is 29.1. The van der Waals surface area contributed by atoms with Gasteiger partial charge in [-0.2, -0.15) is 0 Å². The Morgan fingerprint density at radius 1 is 0.732 bits per heavy atom. The average Bonchev–Trinajstić information content (AvgIpc) is 2.96. The number of hydrogen-bond acceptors (Lipinski definition) is 4. The molecule has 0 saturated carbocycles. The number of phosphoric acid groups is 1. The van der Waals surface area contributed by atoms with Crippen molar-refractivity contribution < 1.29 is 18.1 Å². The molecule has 0 atom stereocenters. The molecule has 0 aromatic heterocycles. The molecule has 0 unspecified atom stereocenters. The van der Waals surface area contributed by atoms with Gasteiger partial charge in [0.15, 0.2) is 0 Å². The number of fused-ring (bicyclic) bond motifs is 1. The third-order valence-electron chi connectivity index (χ3n) is 7.98. The summed E-state index contributed by atoms with van der Waals surface area (Å²) in [4.78, 5) is 0. The van der Waals surface area contributed by atoms with Crippen LogP contribution >= 0.6 is 7.82 Å². The quantitative estimate of drug-likeness (QED) is 0.149. The lowest BCUT2D eigenvalue weighted by Gasteiger charge is -2.42. The van der Waals surface area contributed by atoms with Crippen molar-refractivity contribution in [1.82, 2.24) is 0 Å². The molecule has 0 N–H and O–H groups in total. The summed E-state index contributed by atoms with van der Waals surface area (Å²) >= 11 is 0. The van der Waals surface area contributed by atoms with Crippen LogP contribution in [0.3, 0.4) is 0 Å². The van der Waals surface area contributed by atoms with Crippen molar-refractivity contribution >= 4 is 19.5 Å². The lowest BCUT2D eigenvalue weighted by molar-refractivity contribution is 0.201. The minimum Gasteiger partial charge on any atom is -0.395 e. The topological polar surface area (TPSA) is 44.8 Å². The van der Waals surface area contributed by atoms with Crippen molar-refractivity contribution in [2.75, 3.05) is 0 Å². The van der Waals surface area contributed by atoms with E-state index >= 15 is 0 Å². The Morgan fingerprint density at radius 2 is 1.27 bits per heavy atom. The van der Waals surface area contributed by atoms with Crippen LogP contribution in [-0.2, 0) is 26.5 Å². The molecule has 4 aromatic carbocycles. The molecule has 4 nitrogen and oxygen atoms in total. The lowest BCUT2D eigenvalue weighted by atomic mass is 9.63. The van der Waals surface area contributed by atoms with Gasteiger partial charge in [0, 0.05) is 0 Å². The van der Waals surface area contributed by atoms with Crippen molar-refractivity contribution in [3.63, 3.8) is 0 Å². The van der Waals surface area contributed by atoms with Gasteiger partial charge in [-0.05, 0) is 88.3 Å². The van der Waals surface area contributed by atoms with Crippen molar-refractivity contribution in [3.8, 4) is 11.5 Å². The molecular weight excluding hydrogens is 527 g/mol. The first-order valence-corrected chi connectivity index (χ1v) is 15.7. The van der Waals surface area contributed by atoms with Crippen LogP contribution in [0.15, 0.2) is 103 Å². The molecule has 0 aliphatic heterocycles. The Labute approximate surface area is 244 Å². The summed E-state index contributed by atoms with van der Waals surface area (Å²) < 4.78 is 30.8. The van der Waals surface area contributed by atoms with Crippen molar-refractivity contribution in [1.29, 1.82) is 0 Å². The van der Waals surface area contributed by atoms with E-state index in [0.717, 1.165) is 11.1 Å². The highest BCUT2D eigenvalue weighted by Crippen LogP contribution is 2.50. The normalized spacial score (nSPS) is 16.1. The van der Waals surface area contributed by atoms with Gasteiger partial charge < -0.3 is 9.05 Å². The first-order valence-electron chi connectivity index (χ1n) is 14.2. The summed E-state index contributed by atoms with van der Waals surface area (Å²) in [5.74, 6) is 0.828. The fraction of sp³-hybridized carbons (Fsp3) is 0.278. The maximum Gasteiger partial charge on any atom is 0.587 e. The third-order valence-corrected chi connectivity index (χ3v) is 9.30. The molecule has 5 rings (SSSR count). The molecule has 41 heavy (non-hydrogen) atoms. The highest BCUT2D eigenvalue weighted by molar-refractivity contribution is 7.49. The smallest absolute Gasteiger partial charge is 0.395 e. The third kappa shape index (κ3) is 7.01. The highest BCUT2D eigenvalue weighted by atomic mass is 31.2. The van der Waals surface area contributed by atoms with Gasteiger partial charge in [-0.1, -0.05) is 113 Å². The molecule has 0 heterocycles.